The predicted molar refractivity (Wildman–Crippen MR) is 145 cm³/mol. The van der Waals surface area contributed by atoms with Gasteiger partial charge in [-0.2, -0.15) is 0 Å². The number of carbonyl (C=O) groups is 1. The molecule has 0 radical (unpaired) electrons. The van der Waals surface area contributed by atoms with Gasteiger partial charge in [0.25, 0.3) is 0 Å². The summed E-state index contributed by atoms with van der Waals surface area (Å²) in [5.74, 6) is 0.228. The summed E-state index contributed by atoms with van der Waals surface area (Å²) in [6.07, 6.45) is 1.85. The van der Waals surface area contributed by atoms with E-state index in [-0.39, 0.29) is 11.7 Å². The summed E-state index contributed by atoms with van der Waals surface area (Å²) in [5.41, 5.74) is 4.89. The number of aromatic nitrogens is 1. The zero-order chi connectivity index (χ0) is 24.8. The van der Waals surface area contributed by atoms with Crippen molar-refractivity contribution in [2.75, 3.05) is 0 Å². The Bertz CT molecular complexity index is 1640. The van der Waals surface area contributed by atoms with E-state index in [4.69, 9.17) is 9.72 Å². The Morgan fingerprint density at radius 3 is 2.50 bits per heavy atom. The molecule has 3 aromatic carbocycles. The van der Waals surface area contributed by atoms with Crippen molar-refractivity contribution in [2.24, 2.45) is 5.18 Å². The number of ether oxygens (including phenoxy) is 1. The molecule has 1 saturated carbocycles. The number of amides is 1. The molecule has 5 aromatic rings. The van der Waals surface area contributed by atoms with Gasteiger partial charge in [-0.1, -0.05) is 54.6 Å². The summed E-state index contributed by atoms with van der Waals surface area (Å²) in [5, 5.41) is 4.50. The molecule has 0 N–H and O–H groups in total. The van der Waals surface area contributed by atoms with Crippen molar-refractivity contribution in [3.05, 3.63) is 100.0 Å². The van der Waals surface area contributed by atoms with Crippen LogP contribution in [0.1, 0.15) is 45.8 Å². The highest BCUT2D eigenvalue weighted by molar-refractivity contribution is 7.22. The molecule has 5 nitrogen and oxygen atoms in total. The Balaban J connectivity index is 1.43. The maximum Gasteiger partial charge on any atom is 0.317 e. The first-order chi connectivity index (χ1) is 17.5. The fourth-order valence-electron chi connectivity index (χ4n) is 5.13. The molecule has 178 valence electrons. The lowest BCUT2D eigenvalue weighted by atomic mass is 9.77. The van der Waals surface area contributed by atoms with Crippen molar-refractivity contribution in [1.82, 2.24) is 4.98 Å². The first-order valence-electron chi connectivity index (χ1n) is 12.1. The van der Waals surface area contributed by atoms with E-state index >= 15 is 0 Å². The van der Waals surface area contributed by atoms with Gasteiger partial charge in [-0.05, 0) is 72.9 Å². The van der Waals surface area contributed by atoms with E-state index in [9.17, 15) is 9.70 Å². The summed E-state index contributed by atoms with van der Waals surface area (Å²) < 4.78 is 7.54. The number of fused-ring (bicyclic) bond motifs is 2. The third-order valence-corrected chi connectivity index (χ3v) is 8.47. The lowest BCUT2D eigenvalue weighted by Crippen LogP contribution is -2.32. The second kappa shape index (κ2) is 8.95. The van der Waals surface area contributed by atoms with E-state index in [2.05, 4.69) is 48.5 Å². The van der Waals surface area contributed by atoms with Crippen LogP contribution in [0.2, 0.25) is 0 Å². The lowest BCUT2D eigenvalue weighted by molar-refractivity contribution is 0.0981. The summed E-state index contributed by atoms with van der Waals surface area (Å²) in [7, 11) is 0. The summed E-state index contributed by atoms with van der Waals surface area (Å²) >= 11 is 1.63. The van der Waals surface area contributed by atoms with Gasteiger partial charge < -0.3 is 4.74 Å². The number of carbonyl (C=O) groups excluding carboxylic acids is 1. The molecule has 1 aliphatic rings. The monoisotopic (exact) mass is 492 g/mol. The van der Waals surface area contributed by atoms with Crippen LogP contribution in [0, 0.1) is 18.8 Å². The third kappa shape index (κ3) is 3.78. The maximum absolute atomic E-state index is 12.8. The van der Waals surface area contributed by atoms with Crippen molar-refractivity contribution in [1.29, 1.82) is 0 Å². The average Bonchev–Trinajstić information content (AvgIpc) is 3.23. The van der Waals surface area contributed by atoms with Crippen molar-refractivity contribution < 1.29 is 9.53 Å². The SMILES string of the molecule is Cc1c(-c2cc(C(=O)N=O)c3c(O[C@H]4C[C@H](c5ccccc5)C4)ccc(C)c3n2)sc2ccccc12. The summed E-state index contributed by atoms with van der Waals surface area (Å²) in [6, 6.07) is 24.2. The fraction of sp³-hybridized carbons (Fsp3) is 0.200. The van der Waals surface area contributed by atoms with Crippen LogP contribution in [0.3, 0.4) is 0 Å². The van der Waals surface area contributed by atoms with E-state index in [1.807, 2.05) is 37.3 Å². The minimum Gasteiger partial charge on any atom is -0.490 e. The van der Waals surface area contributed by atoms with Crippen molar-refractivity contribution in [3.63, 3.8) is 0 Å². The second-order valence-corrected chi connectivity index (χ2v) is 10.5. The Kier molecular flexibility index (Phi) is 5.61. The molecule has 1 amide bonds. The van der Waals surface area contributed by atoms with Gasteiger partial charge in [-0.15, -0.1) is 16.2 Å². The van der Waals surface area contributed by atoms with Crippen LogP contribution >= 0.6 is 11.3 Å². The van der Waals surface area contributed by atoms with E-state index in [1.165, 1.54) is 5.56 Å². The normalized spacial score (nSPS) is 17.2. The number of nitrogens with zero attached hydrogens (tertiary/aromatic N) is 2. The van der Waals surface area contributed by atoms with Crippen LogP contribution in [-0.2, 0) is 0 Å². The molecule has 6 rings (SSSR count). The average molecular weight is 493 g/mol. The van der Waals surface area contributed by atoms with Gasteiger partial charge in [0.05, 0.1) is 33.1 Å². The number of thiophene rings is 1. The highest BCUT2D eigenvalue weighted by atomic mass is 32.1. The van der Waals surface area contributed by atoms with Gasteiger partial charge >= 0.3 is 5.91 Å². The van der Waals surface area contributed by atoms with Gasteiger partial charge in [0, 0.05) is 9.88 Å². The van der Waals surface area contributed by atoms with Gasteiger partial charge in [0.15, 0.2) is 0 Å². The molecule has 1 fully saturated rings. The van der Waals surface area contributed by atoms with Crippen molar-refractivity contribution in [3.8, 4) is 16.3 Å². The molecule has 2 aromatic heterocycles. The molecule has 2 heterocycles. The van der Waals surface area contributed by atoms with Gasteiger partial charge in [0.2, 0.25) is 0 Å². The van der Waals surface area contributed by atoms with E-state index < -0.39 is 5.91 Å². The Morgan fingerprint density at radius 1 is 1.00 bits per heavy atom. The topological polar surface area (TPSA) is 68.6 Å². The third-order valence-electron chi connectivity index (χ3n) is 7.17. The van der Waals surface area contributed by atoms with Crippen LogP contribution in [-0.4, -0.2) is 17.0 Å². The highest BCUT2D eigenvalue weighted by Crippen LogP contribution is 2.43. The highest BCUT2D eigenvalue weighted by Gasteiger charge is 2.33. The minimum atomic E-state index is -0.811. The first kappa shape index (κ1) is 22.6. The maximum atomic E-state index is 12.8. The van der Waals surface area contributed by atoms with Crippen LogP contribution in [0.5, 0.6) is 5.75 Å². The number of hydrogen-bond donors (Lipinski definition) is 0. The second-order valence-electron chi connectivity index (χ2n) is 9.43. The van der Waals surface area contributed by atoms with Crippen LogP contribution < -0.4 is 4.74 Å². The summed E-state index contributed by atoms with van der Waals surface area (Å²) in [4.78, 5) is 30.2. The zero-order valence-corrected chi connectivity index (χ0v) is 20.8. The van der Waals surface area contributed by atoms with Crippen LogP contribution in [0.4, 0.5) is 0 Å². The van der Waals surface area contributed by atoms with Crippen LogP contribution in [0.15, 0.2) is 78.0 Å². The van der Waals surface area contributed by atoms with E-state index in [0.29, 0.717) is 28.3 Å². The molecule has 0 aliphatic heterocycles. The number of hydrogen-bond acceptors (Lipinski definition) is 5. The van der Waals surface area contributed by atoms with E-state index in [1.54, 1.807) is 17.4 Å². The smallest absolute Gasteiger partial charge is 0.317 e. The molecule has 0 unspecified atom stereocenters. The zero-order valence-electron chi connectivity index (χ0n) is 20.0. The molecule has 0 atom stereocenters. The van der Waals surface area contributed by atoms with Gasteiger partial charge in [-0.25, -0.2) is 4.98 Å². The van der Waals surface area contributed by atoms with Gasteiger partial charge in [-0.3, -0.25) is 4.79 Å². The molecule has 0 spiro atoms. The molecular formula is C30H24N2O3S. The number of benzene rings is 3. The molecule has 1 aliphatic carbocycles. The van der Waals surface area contributed by atoms with Crippen molar-refractivity contribution in [2.45, 2.75) is 38.7 Å². The predicted octanol–water partition coefficient (Wildman–Crippen LogP) is 7.96. The first-order valence-corrected chi connectivity index (χ1v) is 12.9. The Hall–Kier alpha value is -3.90. The quantitative estimate of drug-likeness (QED) is 0.233. The molecule has 0 saturated heterocycles. The standard InChI is InChI=1S/C30H24N2O3S/c1-17-12-13-25(35-21-14-20(15-21)19-8-4-3-5-9-19)27-23(30(33)32-34)16-24(31-28(17)27)29-18(2)22-10-6-7-11-26(22)36-29/h3-13,16,20-21H,14-15H2,1-2H3/t20-,21-. The number of pyridine rings is 1. The number of aryl methyl sites for hydroxylation is 2. The number of nitroso groups, excluding NO2 is 1. The Morgan fingerprint density at radius 2 is 1.75 bits per heavy atom. The lowest BCUT2D eigenvalue weighted by Gasteiger charge is -2.36. The molecule has 6 heteroatoms. The molecule has 36 heavy (non-hydrogen) atoms. The Labute approximate surface area is 212 Å². The van der Waals surface area contributed by atoms with Gasteiger partial charge in [0.1, 0.15) is 5.75 Å². The van der Waals surface area contributed by atoms with Crippen molar-refractivity contribution >= 4 is 38.2 Å². The number of rotatable bonds is 5. The van der Waals surface area contributed by atoms with Crippen LogP contribution in [0.25, 0.3) is 31.6 Å². The largest absolute Gasteiger partial charge is 0.490 e. The molecular weight excluding hydrogens is 468 g/mol. The fourth-order valence-corrected chi connectivity index (χ4v) is 6.30. The molecule has 0 bridgehead atoms. The minimum absolute atomic E-state index is 0.0396. The summed E-state index contributed by atoms with van der Waals surface area (Å²) in [6.45, 7) is 4.02. The van der Waals surface area contributed by atoms with E-state index in [0.717, 1.165) is 38.9 Å².